The number of likely N-dealkylation sites (N-methyl/N-ethyl adjacent to an activating group) is 1. The van der Waals surface area contributed by atoms with Crippen molar-refractivity contribution in [1.82, 2.24) is 0 Å². The van der Waals surface area contributed by atoms with Crippen LogP contribution < -0.4 is 4.90 Å². The Bertz CT molecular complexity index is 310. The number of rotatable bonds is 5. The van der Waals surface area contributed by atoms with Gasteiger partial charge in [0, 0.05) is 18.8 Å². The first kappa shape index (κ1) is 13.0. The molecule has 90 valence electrons. The zero-order valence-corrected chi connectivity index (χ0v) is 10.2. The second-order valence-corrected chi connectivity index (χ2v) is 4.16. The minimum Gasteiger partial charge on any atom is -0.394 e. The summed E-state index contributed by atoms with van der Waals surface area (Å²) >= 11 is 0. The molecule has 0 aliphatic heterocycles. The van der Waals surface area contributed by atoms with Crippen molar-refractivity contribution < 1.29 is 10.2 Å². The summed E-state index contributed by atoms with van der Waals surface area (Å²) in [4.78, 5) is 2.02. The Morgan fingerprint density at radius 2 is 1.81 bits per heavy atom. The van der Waals surface area contributed by atoms with E-state index in [-0.39, 0.29) is 18.8 Å². The fourth-order valence-corrected chi connectivity index (χ4v) is 1.54. The lowest BCUT2D eigenvalue weighted by Crippen LogP contribution is -2.31. The Morgan fingerprint density at radius 3 is 2.25 bits per heavy atom. The molecule has 0 aliphatic rings. The molecule has 0 spiro atoms. The summed E-state index contributed by atoms with van der Waals surface area (Å²) in [5, 5.41) is 18.7. The van der Waals surface area contributed by atoms with Crippen LogP contribution in [0.4, 0.5) is 5.69 Å². The smallest absolute Gasteiger partial charge is 0.0787 e. The van der Waals surface area contributed by atoms with E-state index in [0.717, 1.165) is 17.7 Å². The van der Waals surface area contributed by atoms with E-state index in [9.17, 15) is 5.11 Å². The van der Waals surface area contributed by atoms with Gasteiger partial charge in [-0.25, -0.2) is 0 Å². The SMILES string of the molecule is CC[C@H](O)c1ccc(N(C)C(C)CO)cc1. The van der Waals surface area contributed by atoms with E-state index < -0.39 is 0 Å². The molecule has 0 saturated heterocycles. The highest BCUT2D eigenvalue weighted by Gasteiger charge is 2.09. The lowest BCUT2D eigenvalue weighted by Gasteiger charge is -2.25. The molecular weight excluding hydrogens is 202 g/mol. The molecule has 1 unspecified atom stereocenters. The summed E-state index contributed by atoms with van der Waals surface area (Å²) in [7, 11) is 1.95. The van der Waals surface area contributed by atoms with Gasteiger partial charge in [-0.1, -0.05) is 19.1 Å². The molecule has 2 N–H and O–H groups in total. The lowest BCUT2D eigenvalue weighted by atomic mass is 10.1. The molecule has 3 heteroatoms. The molecular formula is C13H21NO2. The van der Waals surface area contributed by atoms with E-state index in [1.54, 1.807) is 0 Å². The van der Waals surface area contributed by atoms with E-state index in [4.69, 9.17) is 5.11 Å². The largest absolute Gasteiger partial charge is 0.394 e. The van der Waals surface area contributed by atoms with Gasteiger partial charge in [0.15, 0.2) is 0 Å². The number of nitrogens with zero attached hydrogens (tertiary/aromatic N) is 1. The molecule has 3 nitrogen and oxygen atoms in total. The normalized spacial score (nSPS) is 14.6. The first-order valence-electron chi connectivity index (χ1n) is 5.71. The zero-order valence-electron chi connectivity index (χ0n) is 10.2. The van der Waals surface area contributed by atoms with Gasteiger partial charge < -0.3 is 15.1 Å². The maximum atomic E-state index is 9.66. The third kappa shape index (κ3) is 2.97. The van der Waals surface area contributed by atoms with E-state index in [0.29, 0.717) is 0 Å². The van der Waals surface area contributed by atoms with Gasteiger partial charge in [0.25, 0.3) is 0 Å². The van der Waals surface area contributed by atoms with Crippen molar-refractivity contribution in [2.75, 3.05) is 18.6 Å². The lowest BCUT2D eigenvalue weighted by molar-refractivity contribution is 0.173. The maximum absolute atomic E-state index is 9.66. The number of anilines is 1. The third-order valence-electron chi connectivity index (χ3n) is 3.00. The number of aliphatic hydroxyl groups is 2. The van der Waals surface area contributed by atoms with Gasteiger partial charge in [-0.2, -0.15) is 0 Å². The summed E-state index contributed by atoms with van der Waals surface area (Å²) in [6, 6.07) is 7.91. The standard InChI is InChI=1S/C13H21NO2/c1-4-13(16)11-5-7-12(8-6-11)14(3)10(2)9-15/h5-8,10,13,15-16H,4,9H2,1-3H3/t10?,13-/m0/s1. The fourth-order valence-electron chi connectivity index (χ4n) is 1.54. The number of benzene rings is 1. The minimum atomic E-state index is -0.380. The average Bonchev–Trinajstić information content (AvgIpc) is 2.36. The molecule has 1 aromatic rings. The Morgan fingerprint density at radius 1 is 1.25 bits per heavy atom. The second-order valence-electron chi connectivity index (χ2n) is 4.16. The Hall–Kier alpha value is -1.06. The number of aliphatic hydroxyl groups excluding tert-OH is 2. The van der Waals surface area contributed by atoms with Crippen molar-refractivity contribution in [3.8, 4) is 0 Å². The molecule has 0 saturated carbocycles. The summed E-state index contributed by atoms with van der Waals surface area (Å²) in [6.45, 7) is 4.06. The van der Waals surface area contributed by atoms with Crippen LogP contribution in [0.2, 0.25) is 0 Å². The summed E-state index contributed by atoms with van der Waals surface area (Å²) in [5.41, 5.74) is 1.99. The van der Waals surface area contributed by atoms with Gasteiger partial charge in [-0.3, -0.25) is 0 Å². The van der Waals surface area contributed by atoms with Crippen LogP contribution in [0.15, 0.2) is 24.3 Å². The highest BCUT2D eigenvalue weighted by atomic mass is 16.3. The molecule has 16 heavy (non-hydrogen) atoms. The molecule has 1 aromatic carbocycles. The molecule has 0 radical (unpaired) electrons. The van der Waals surface area contributed by atoms with Gasteiger partial charge in [0.05, 0.1) is 12.7 Å². The summed E-state index contributed by atoms with van der Waals surface area (Å²) < 4.78 is 0. The molecule has 0 heterocycles. The number of hydrogen-bond donors (Lipinski definition) is 2. The van der Waals surface area contributed by atoms with Crippen molar-refractivity contribution >= 4 is 5.69 Å². The quantitative estimate of drug-likeness (QED) is 0.802. The molecule has 1 rings (SSSR count). The Balaban J connectivity index is 2.78. The predicted molar refractivity (Wildman–Crippen MR) is 66.6 cm³/mol. The van der Waals surface area contributed by atoms with Gasteiger partial charge in [0.2, 0.25) is 0 Å². The molecule has 0 bridgehead atoms. The monoisotopic (exact) mass is 223 g/mol. The van der Waals surface area contributed by atoms with Crippen molar-refractivity contribution in [2.45, 2.75) is 32.4 Å². The molecule has 0 aromatic heterocycles. The third-order valence-corrected chi connectivity index (χ3v) is 3.00. The van der Waals surface area contributed by atoms with Crippen molar-refractivity contribution in [1.29, 1.82) is 0 Å². The van der Waals surface area contributed by atoms with E-state index in [1.165, 1.54) is 0 Å². The Labute approximate surface area is 97.3 Å². The van der Waals surface area contributed by atoms with Crippen molar-refractivity contribution in [3.05, 3.63) is 29.8 Å². The molecule has 2 atom stereocenters. The maximum Gasteiger partial charge on any atom is 0.0787 e. The molecule has 0 amide bonds. The molecule has 0 aliphatic carbocycles. The average molecular weight is 223 g/mol. The van der Waals surface area contributed by atoms with Gasteiger partial charge in [-0.05, 0) is 31.0 Å². The first-order chi connectivity index (χ1) is 7.60. The van der Waals surface area contributed by atoms with Crippen LogP contribution in [-0.4, -0.2) is 29.9 Å². The van der Waals surface area contributed by atoms with Crippen LogP contribution in [0.25, 0.3) is 0 Å². The van der Waals surface area contributed by atoms with E-state index in [2.05, 4.69) is 0 Å². The molecule has 0 fully saturated rings. The van der Waals surface area contributed by atoms with Crippen molar-refractivity contribution in [3.63, 3.8) is 0 Å². The minimum absolute atomic E-state index is 0.0990. The zero-order chi connectivity index (χ0) is 12.1. The second kappa shape index (κ2) is 5.87. The summed E-state index contributed by atoms with van der Waals surface area (Å²) in [5.74, 6) is 0. The van der Waals surface area contributed by atoms with E-state index in [1.807, 2.05) is 50.1 Å². The van der Waals surface area contributed by atoms with E-state index >= 15 is 0 Å². The fraction of sp³-hybridized carbons (Fsp3) is 0.538. The highest BCUT2D eigenvalue weighted by Crippen LogP contribution is 2.21. The van der Waals surface area contributed by atoms with Gasteiger partial charge >= 0.3 is 0 Å². The van der Waals surface area contributed by atoms with Crippen LogP contribution in [0.1, 0.15) is 31.9 Å². The van der Waals surface area contributed by atoms with Crippen LogP contribution in [0.3, 0.4) is 0 Å². The van der Waals surface area contributed by atoms with Gasteiger partial charge in [-0.15, -0.1) is 0 Å². The number of hydrogen-bond acceptors (Lipinski definition) is 3. The van der Waals surface area contributed by atoms with Gasteiger partial charge in [0.1, 0.15) is 0 Å². The highest BCUT2D eigenvalue weighted by molar-refractivity contribution is 5.48. The van der Waals surface area contributed by atoms with Crippen molar-refractivity contribution in [2.24, 2.45) is 0 Å². The summed E-state index contributed by atoms with van der Waals surface area (Å²) in [6.07, 6.45) is 0.344. The topological polar surface area (TPSA) is 43.7 Å². The predicted octanol–water partition coefficient (Wildman–Crippen LogP) is 1.95. The first-order valence-corrected chi connectivity index (χ1v) is 5.71. The van der Waals surface area contributed by atoms with Crippen LogP contribution in [-0.2, 0) is 0 Å². The van der Waals surface area contributed by atoms with Crippen LogP contribution in [0.5, 0.6) is 0 Å². The van der Waals surface area contributed by atoms with Crippen LogP contribution in [0, 0.1) is 0 Å². The Kier molecular flexibility index (Phi) is 4.77. The van der Waals surface area contributed by atoms with Crippen LogP contribution >= 0.6 is 0 Å².